The van der Waals surface area contributed by atoms with Gasteiger partial charge in [-0.3, -0.25) is 4.79 Å². The van der Waals surface area contributed by atoms with Gasteiger partial charge in [-0.25, -0.2) is 4.98 Å². The van der Waals surface area contributed by atoms with E-state index in [9.17, 15) is 4.79 Å². The fourth-order valence-corrected chi connectivity index (χ4v) is 3.20. The summed E-state index contributed by atoms with van der Waals surface area (Å²) in [5.74, 6) is 0.860. The van der Waals surface area contributed by atoms with E-state index in [-0.39, 0.29) is 11.7 Å². The molecular weight excluding hydrogens is 400 g/mol. The number of halogens is 1. The lowest BCUT2D eigenvalue weighted by Gasteiger charge is -2.08. The van der Waals surface area contributed by atoms with Crippen LogP contribution in [0, 0.1) is 0 Å². The molecule has 6 heteroatoms. The number of para-hydroxylation sites is 1. The Morgan fingerprint density at radius 1 is 1.20 bits per heavy atom. The van der Waals surface area contributed by atoms with Crippen LogP contribution in [-0.2, 0) is 11.2 Å². The minimum Gasteiger partial charge on any atom is -0.431 e. The summed E-state index contributed by atoms with van der Waals surface area (Å²) in [7, 11) is 0. The maximum Gasteiger partial charge on any atom is 0.256 e. The minimum absolute atomic E-state index is 0.0747. The maximum atomic E-state index is 12.2. The van der Waals surface area contributed by atoms with Crippen LogP contribution in [0.2, 0.25) is 0 Å². The van der Waals surface area contributed by atoms with E-state index < -0.39 is 0 Å². The Balaban J connectivity index is 1.58. The quantitative estimate of drug-likeness (QED) is 0.546. The van der Waals surface area contributed by atoms with Gasteiger partial charge >= 0.3 is 0 Å². The number of anilines is 1. The van der Waals surface area contributed by atoms with E-state index in [1.807, 2.05) is 48.5 Å². The second-order valence-corrected chi connectivity index (χ2v) is 7.19. The first-order chi connectivity index (χ1) is 12.2. The lowest BCUT2D eigenvalue weighted by atomic mass is 10.1. The number of carbonyl (C=O) groups is 1. The van der Waals surface area contributed by atoms with Gasteiger partial charge in [0.25, 0.3) is 5.22 Å². The van der Waals surface area contributed by atoms with Crippen LogP contribution in [0.15, 0.2) is 68.8 Å². The molecule has 1 aromatic heterocycles. The van der Waals surface area contributed by atoms with E-state index in [0.29, 0.717) is 11.0 Å². The molecule has 128 valence electrons. The molecule has 0 unspecified atom stereocenters. The van der Waals surface area contributed by atoms with Gasteiger partial charge in [0.15, 0.2) is 5.76 Å². The monoisotopic (exact) mass is 416 g/mol. The van der Waals surface area contributed by atoms with Crippen LogP contribution in [0.4, 0.5) is 5.69 Å². The van der Waals surface area contributed by atoms with Crippen LogP contribution < -0.4 is 5.32 Å². The molecular formula is C19H17BrN2O2S. The number of aromatic nitrogens is 1. The molecule has 0 atom stereocenters. The average molecular weight is 417 g/mol. The van der Waals surface area contributed by atoms with Crippen molar-refractivity contribution in [3.8, 4) is 11.3 Å². The molecule has 3 rings (SSSR count). The third-order valence-corrected chi connectivity index (χ3v) is 4.98. The molecule has 0 aliphatic carbocycles. The average Bonchev–Trinajstić information content (AvgIpc) is 3.10. The van der Waals surface area contributed by atoms with Gasteiger partial charge in [-0.15, -0.1) is 0 Å². The Morgan fingerprint density at radius 3 is 2.72 bits per heavy atom. The van der Waals surface area contributed by atoms with Crippen LogP contribution in [0.5, 0.6) is 0 Å². The lowest BCUT2D eigenvalue weighted by Crippen LogP contribution is -2.15. The summed E-state index contributed by atoms with van der Waals surface area (Å²) in [5.41, 5.74) is 2.93. The molecule has 0 aliphatic rings. The number of amides is 1. The molecule has 0 saturated heterocycles. The smallest absolute Gasteiger partial charge is 0.256 e. The Kier molecular flexibility index (Phi) is 5.94. The summed E-state index contributed by atoms with van der Waals surface area (Å²) in [4.78, 5) is 16.4. The van der Waals surface area contributed by atoms with Crippen LogP contribution in [0.1, 0.15) is 12.5 Å². The van der Waals surface area contributed by atoms with E-state index in [0.717, 1.165) is 27.7 Å². The molecule has 0 fully saturated rings. The number of aryl methyl sites for hydroxylation is 1. The first-order valence-electron chi connectivity index (χ1n) is 7.88. The van der Waals surface area contributed by atoms with Crippen LogP contribution >= 0.6 is 27.7 Å². The van der Waals surface area contributed by atoms with Gasteiger partial charge < -0.3 is 9.73 Å². The molecule has 0 spiro atoms. The highest BCUT2D eigenvalue weighted by atomic mass is 79.9. The number of oxazole rings is 1. The van der Waals surface area contributed by atoms with E-state index in [2.05, 4.69) is 33.2 Å². The Morgan fingerprint density at radius 2 is 1.96 bits per heavy atom. The molecule has 0 saturated carbocycles. The Bertz CT molecular complexity index is 862. The number of nitrogens with one attached hydrogen (secondary N) is 1. The fraction of sp³-hybridized carbons (Fsp3) is 0.158. The first-order valence-corrected chi connectivity index (χ1v) is 9.66. The first kappa shape index (κ1) is 17.8. The van der Waals surface area contributed by atoms with Gasteiger partial charge in [0.2, 0.25) is 5.91 Å². The summed E-state index contributed by atoms with van der Waals surface area (Å²) in [6.45, 7) is 2.07. The predicted octanol–water partition coefficient (Wildman–Crippen LogP) is 5.40. The molecule has 2 aromatic carbocycles. The topological polar surface area (TPSA) is 55.1 Å². The van der Waals surface area contributed by atoms with Crippen molar-refractivity contribution in [2.75, 3.05) is 11.1 Å². The number of nitrogens with zero attached hydrogens (tertiary/aromatic N) is 1. The van der Waals surface area contributed by atoms with E-state index in [4.69, 9.17) is 4.42 Å². The standard InChI is InChI=1S/C19H17BrN2O2S/c1-2-13-5-3-4-6-16(13)22-18(23)12-25-19-21-11-17(24-19)14-7-9-15(20)10-8-14/h3-11H,2,12H2,1H3,(H,22,23). The Hall–Kier alpha value is -2.05. The molecule has 1 heterocycles. The number of hydrogen-bond acceptors (Lipinski definition) is 4. The van der Waals surface area contributed by atoms with Crippen molar-refractivity contribution in [3.63, 3.8) is 0 Å². The van der Waals surface area contributed by atoms with Crippen LogP contribution in [0.25, 0.3) is 11.3 Å². The second-order valence-electron chi connectivity index (χ2n) is 5.34. The van der Waals surface area contributed by atoms with Crippen molar-refractivity contribution in [2.24, 2.45) is 0 Å². The SMILES string of the molecule is CCc1ccccc1NC(=O)CSc1ncc(-c2ccc(Br)cc2)o1. The highest BCUT2D eigenvalue weighted by Crippen LogP contribution is 2.26. The summed E-state index contributed by atoms with van der Waals surface area (Å²) >= 11 is 4.69. The summed E-state index contributed by atoms with van der Waals surface area (Å²) in [6, 6.07) is 15.6. The zero-order valence-corrected chi connectivity index (χ0v) is 16.1. The van der Waals surface area contributed by atoms with Gasteiger partial charge in [0, 0.05) is 15.7 Å². The van der Waals surface area contributed by atoms with Gasteiger partial charge in [0.05, 0.1) is 11.9 Å². The minimum atomic E-state index is -0.0747. The lowest BCUT2D eigenvalue weighted by molar-refractivity contribution is -0.113. The highest BCUT2D eigenvalue weighted by molar-refractivity contribution is 9.10. The summed E-state index contributed by atoms with van der Waals surface area (Å²) in [6.07, 6.45) is 2.55. The third-order valence-electron chi connectivity index (χ3n) is 3.61. The molecule has 1 amide bonds. The van der Waals surface area contributed by atoms with Crippen molar-refractivity contribution >= 4 is 39.3 Å². The molecule has 0 radical (unpaired) electrons. The molecule has 25 heavy (non-hydrogen) atoms. The predicted molar refractivity (Wildman–Crippen MR) is 105 cm³/mol. The van der Waals surface area contributed by atoms with E-state index in [1.54, 1.807) is 6.20 Å². The van der Waals surface area contributed by atoms with Crippen molar-refractivity contribution in [1.29, 1.82) is 0 Å². The number of thioether (sulfide) groups is 1. The second kappa shape index (κ2) is 8.36. The van der Waals surface area contributed by atoms with Crippen molar-refractivity contribution < 1.29 is 9.21 Å². The Labute approximate surface area is 159 Å². The third kappa shape index (κ3) is 4.74. The number of carbonyl (C=O) groups excluding carboxylic acids is 1. The normalized spacial score (nSPS) is 10.6. The van der Waals surface area contributed by atoms with Gasteiger partial charge in [0.1, 0.15) is 0 Å². The zero-order valence-electron chi connectivity index (χ0n) is 13.7. The highest BCUT2D eigenvalue weighted by Gasteiger charge is 2.11. The summed E-state index contributed by atoms with van der Waals surface area (Å²) < 4.78 is 6.72. The molecule has 0 aliphatic heterocycles. The van der Waals surface area contributed by atoms with Crippen LogP contribution in [-0.4, -0.2) is 16.6 Å². The van der Waals surface area contributed by atoms with Gasteiger partial charge in [-0.2, -0.15) is 0 Å². The van der Waals surface area contributed by atoms with Gasteiger partial charge in [-0.1, -0.05) is 64.9 Å². The van der Waals surface area contributed by atoms with E-state index >= 15 is 0 Å². The number of hydrogen-bond donors (Lipinski definition) is 1. The van der Waals surface area contributed by atoms with Crippen molar-refractivity contribution in [2.45, 2.75) is 18.6 Å². The van der Waals surface area contributed by atoms with Crippen LogP contribution in [0.3, 0.4) is 0 Å². The van der Waals surface area contributed by atoms with Gasteiger partial charge in [-0.05, 0) is 30.2 Å². The largest absolute Gasteiger partial charge is 0.431 e. The van der Waals surface area contributed by atoms with Crippen molar-refractivity contribution in [1.82, 2.24) is 4.98 Å². The van der Waals surface area contributed by atoms with E-state index in [1.165, 1.54) is 11.8 Å². The molecule has 1 N–H and O–H groups in total. The number of rotatable bonds is 6. The molecule has 4 nitrogen and oxygen atoms in total. The maximum absolute atomic E-state index is 12.2. The number of benzene rings is 2. The van der Waals surface area contributed by atoms with Crippen molar-refractivity contribution in [3.05, 3.63) is 64.8 Å². The fourth-order valence-electron chi connectivity index (χ4n) is 2.34. The molecule has 0 bridgehead atoms. The summed E-state index contributed by atoms with van der Waals surface area (Å²) in [5, 5.41) is 3.43. The zero-order chi connectivity index (χ0) is 17.6. The molecule has 3 aromatic rings.